The van der Waals surface area contributed by atoms with Crippen LogP contribution in [0.5, 0.6) is 0 Å². The average Bonchev–Trinajstić information content (AvgIpc) is 3.06. The van der Waals surface area contributed by atoms with Gasteiger partial charge in [-0.25, -0.2) is 4.98 Å². The second-order valence-electron chi connectivity index (χ2n) is 6.13. The molecule has 1 heterocycles. The molecule has 0 atom stereocenters. The van der Waals surface area contributed by atoms with Crippen LogP contribution in [0.4, 0.5) is 10.1 Å². The highest BCUT2D eigenvalue weighted by atomic mass is 19.1. The number of halogens is 1. The van der Waals surface area contributed by atoms with E-state index in [1.54, 1.807) is 36.4 Å². The molecule has 1 aliphatic rings. The van der Waals surface area contributed by atoms with Gasteiger partial charge in [0.05, 0.1) is 5.69 Å². The maximum atomic E-state index is 13.1. The summed E-state index contributed by atoms with van der Waals surface area (Å²) in [4.78, 5) is 28.5. The van der Waals surface area contributed by atoms with Crippen molar-refractivity contribution in [3.63, 3.8) is 0 Å². The van der Waals surface area contributed by atoms with Crippen LogP contribution in [0.25, 0.3) is 11.1 Å². The van der Waals surface area contributed by atoms with E-state index in [9.17, 15) is 14.0 Å². The molecule has 0 radical (unpaired) electrons. The van der Waals surface area contributed by atoms with Gasteiger partial charge in [0.2, 0.25) is 5.95 Å². The molecule has 26 heavy (non-hydrogen) atoms. The van der Waals surface area contributed by atoms with Gasteiger partial charge >= 0.3 is 0 Å². The van der Waals surface area contributed by atoms with E-state index in [1.165, 1.54) is 12.3 Å². The van der Waals surface area contributed by atoms with Gasteiger partial charge in [-0.05, 0) is 47.9 Å². The number of anilines is 1. The number of benzene rings is 2. The topological polar surface area (TPSA) is 59.1 Å². The van der Waals surface area contributed by atoms with Crippen molar-refractivity contribution in [2.24, 2.45) is 0 Å². The summed E-state index contributed by atoms with van der Waals surface area (Å²) in [6.07, 6.45) is 2.45. The SMILES string of the molecule is O=C(Nc1ccc(-c2ccc(F)nc2)c2c1C(=O)CC2)c1ccccc1. The molecule has 2 aromatic carbocycles. The summed E-state index contributed by atoms with van der Waals surface area (Å²) in [5, 5.41) is 2.84. The molecule has 5 heteroatoms. The number of carbonyl (C=O) groups is 2. The minimum atomic E-state index is -0.548. The van der Waals surface area contributed by atoms with Gasteiger partial charge in [0.25, 0.3) is 5.91 Å². The maximum absolute atomic E-state index is 13.1. The summed E-state index contributed by atoms with van der Waals surface area (Å²) in [5.74, 6) is -0.808. The minimum absolute atomic E-state index is 0.000262. The minimum Gasteiger partial charge on any atom is -0.321 e. The van der Waals surface area contributed by atoms with Gasteiger partial charge < -0.3 is 5.32 Å². The Bertz CT molecular complexity index is 999. The Balaban J connectivity index is 1.74. The van der Waals surface area contributed by atoms with Crippen molar-refractivity contribution in [1.29, 1.82) is 0 Å². The number of aromatic nitrogens is 1. The third-order valence-corrected chi connectivity index (χ3v) is 4.52. The molecule has 0 bridgehead atoms. The second-order valence-corrected chi connectivity index (χ2v) is 6.13. The first kappa shape index (κ1) is 16.1. The number of rotatable bonds is 3. The highest BCUT2D eigenvalue weighted by Crippen LogP contribution is 2.37. The Morgan fingerprint density at radius 1 is 1.00 bits per heavy atom. The van der Waals surface area contributed by atoms with Crippen LogP contribution in [0.15, 0.2) is 60.8 Å². The number of carbonyl (C=O) groups excluding carboxylic acids is 2. The number of hydrogen-bond donors (Lipinski definition) is 1. The number of hydrogen-bond acceptors (Lipinski definition) is 3. The summed E-state index contributed by atoms with van der Waals surface area (Å²) in [5.41, 5.74) is 4.04. The lowest BCUT2D eigenvalue weighted by Gasteiger charge is -2.13. The van der Waals surface area contributed by atoms with E-state index in [-0.39, 0.29) is 11.7 Å². The molecule has 0 unspecified atom stereocenters. The van der Waals surface area contributed by atoms with Crippen LogP contribution in [-0.2, 0) is 6.42 Å². The van der Waals surface area contributed by atoms with E-state index >= 15 is 0 Å². The zero-order chi connectivity index (χ0) is 18.1. The van der Waals surface area contributed by atoms with Crippen LogP contribution in [0.2, 0.25) is 0 Å². The highest BCUT2D eigenvalue weighted by molar-refractivity contribution is 6.12. The van der Waals surface area contributed by atoms with Gasteiger partial charge in [-0.3, -0.25) is 9.59 Å². The summed E-state index contributed by atoms with van der Waals surface area (Å²) in [6, 6.07) is 15.3. The highest BCUT2D eigenvalue weighted by Gasteiger charge is 2.27. The van der Waals surface area contributed by atoms with E-state index in [2.05, 4.69) is 10.3 Å². The average molecular weight is 346 g/mol. The van der Waals surface area contributed by atoms with E-state index in [1.807, 2.05) is 12.1 Å². The van der Waals surface area contributed by atoms with Gasteiger partial charge in [0.15, 0.2) is 5.78 Å². The second kappa shape index (κ2) is 6.52. The summed E-state index contributed by atoms with van der Waals surface area (Å²) < 4.78 is 13.1. The van der Waals surface area contributed by atoms with Crippen LogP contribution < -0.4 is 5.32 Å². The molecule has 0 spiro atoms. The molecular weight excluding hydrogens is 331 g/mol. The largest absolute Gasteiger partial charge is 0.321 e. The first-order valence-electron chi connectivity index (χ1n) is 8.31. The molecular formula is C21H15FN2O2. The number of fused-ring (bicyclic) bond motifs is 1. The predicted molar refractivity (Wildman–Crippen MR) is 96.7 cm³/mol. The third kappa shape index (κ3) is 2.88. The van der Waals surface area contributed by atoms with Crippen molar-refractivity contribution in [3.8, 4) is 11.1 Å². The lowest BCUT2D eigenvalue weighted by molar-refractivity contribution is 0.0995. The number of nitrogens with one attached hydrogen (secondary N) is 1. The zero-order valence-corrected chi connectivity index (χ0v) is 13.8. The molecule has 0 fully saturated rings. The van der Waals surface area contributed by atoms with Crippen molar-refractivity contribution in [1.82, 2.24) is 4.98 Å². The fraction of sp³-hybridized carbons (Fsp3) is 0.0952. The molecule has 4 nitrogen and oxygen atoms in total. The molecule has 128 valence electrons. The van der Waals surface area contributed by atoms with Crippen LogP contribution in [0.1, 0.15) is 32.7 Å². The van der Waals surface area contributed by atoms with E-state index < -0.39 is 5.95 Å². The summed E-state index contributed by atoms with van der Waals surface area (Å²) in [7, 11) is 0. The van der Waals surface area contributed by atoms with Gasteiger partial charge in [-0.15, -0.1) is 0 Å². The number of ketones is 1. The molecule has 0 aliphatic heterocycles. The lowest BCUT2D eigenvalue weighted by atomic mass is 9.96. The van der Waals surface area contributed by atoms with Gasteiger partial charge in [0.1, 0.15) is 0 Å². The Kier molecular flexibility index (Phi) is 4.05. The fourth-order valence-electron chi connectivity index (χ4n) is 3.28. The molecule has 0 saturated carbocycles. The lowest BCUT2D eigenvalue weighted by Crippen LogP contribution is -2.14. The molecule has 4 rings (SSSR count). The molecule has 1 amide bonds. The quantitative estimate of drug-likeness (QED) is 0.721. The van der Waals surface area contributed by atoms with Crippen molar-refractivity contribution >= 4 is 17.4 Å². The van der Waals surface area contributed by atoms with E-state index in [4.69, 9.17) is 0 Å². The molecule has 0 saturated heterocycles. The molecule has 1 N–H and O–H groups in total. The number of pyridine rings is 1. The van der Waals surface area contributed by atoms with Crippen molar-refractivity contribution in [2.45, 2.75) is 12.8 Å². The van der Waals surface area contributed by atoms with E-state index in [0.29, 0.717) is 29.7 Å². The van der Waals surface area contributed by atoms with Crippen LogP contribution in [-0.4, -0.2) is 16.7 Å². The summed E-state index contributed by atoms with van der Waals surface area (Å²) in [6.45, 7) is 0. The fourth-order valence-corrected chi connectivity index (χ4v) is 3.28. The first-order chi connectivity index (χ1) is 12.6. The molecule has 3 aromatic rings. The standard InChI is InChI=1S/C21H15FN2O2/c22-19-11-6-14(12-23-19)15-7-9-17(20-16(15)8-10-18(20)25)24-21(26)13-4-2-1-3-5-13/h1-7,9,11-12H,8,10H2,(H,24,26). The first-order valence-corrected chi connectivity index (χ1v) is 8.31. The summed E-state index contributed by atoms with van der Waals surface area (Å²) >= 11 is 0. The Morgan fingerprint density at radius 2 is 1.81 bits per heavy atom. The Morgan fingerprint density at radius 3 is 2.54 bits per heavy atom. The number of amides is 1. The Labute approximate surface area is 149 Å². The van der Waals surface area contributed by atoms with Crippen molar-refractivity contribution in [3.05, 3.63) is 83.4 Å². The number of nitrogens with zero attached hydrogens (tertiary/aromatic N) is 1. The maximum Gasteiger partial charge on any atom is 0.255 e. The van der Waals surface area contributed by atoms with Crippen molar-refractivity contribution < 1.29 is 14.0 Å². The van der Waals surface area contributed by atoms with Crippen LogP contribution in [0, 0.1) is 5.95 Å². The van der Waals surface area contributed by atoms with Gasteiger partial charge in [-0.2, -0.15) is 4.39 Å². The van der Waals surface area contributed by atoms with Gasteiger partial charge in [-0.1, -0.05) is 24.3 Å². The zero-order valence-electron chi connectivity index (χ0n) is 13.8. The third-order valence-electron chi connectivity index (χ3n) is 4.52. The number of Topliss-reactive ketones (excluding diaryl/α,β-unsaturated/α-hetero) is 1. The predicted octanol–water partition coefficient (Wildman–Crippen LogP) is 4.27. The monoisotopic (exact) mass is 346 g/mol. The van der Waals surface area contributed by atoms with Crippen molar-refractivity contribution in [2.75, 3.05) is 5.32 Å². The van der Waals surface area contributed by atoms with Gasteiger partial charge in [0, 0.05) is 29.3 Å². The van der Waals surface area contributed by atoms with Crippen LogP contribution >= 0.6 is 0 Å². The van der Waals surface area contributed by atoms with E-state index in [0.717, 1.165) is 16.7 Å². The smallest absolute Gasteiger partial charge is 0.255 e. The van der Waals surface area contributed by atoms with Crippen LogP contribution in [0.3, 0.4) is 0 Å². The molecule has 1 aliphatic carbocycles. The Hall–Kier alpha value is -3.34. The normalized spacial score (nSPS) is 12.7. The molecule has 1 aromatic heterocycles.